The summed E-state index contributed by atoms with van der Waals surface area (Å²) in [6.45, 7) is 7.98. The number of rotatable bonds is 7. The maximum Gasteiger partial charge on any atom is 0.359 e. The van der Waals surface area contributed by atoms with Crippen LogP contribution in [0.15, 0.2) is 65.3 Å². The largest absolute Gasteiger partial charge is 0.461 e. The van der Waals surface area contributed by atoms with E-state index in [0.717, 1.165) is 24.3 Å². The molecule has 0 aliphatic carbocycles. The van der Waals surface area contributed by atoms with Crippen LogP contribution < -0.4 is 9.91 Å². The summed E-state index contributed by atoms with van der Waals surface area (Å²) in [5.41, 5.74) is 2.77. The van der Waals surface area contributed by atoms with Crippen molar-refractivity contribution >= 4 is 35.0 Å². The molecule has 0 unspecified atom stereocenters. The second-order valence-electron chi connectivity index (χ2n) is 6.44. The van der Waals surface area contributed by atoms with E-state index in [2.05, 4.69) is 23.8 Å². The van der Waals surface area contributed by atoms with Crippen LogP contribution in [0.25, 0.3) is 6.08 Å². The van der Waals surface area contributed by atoms with E-state index in [1.54, 1.807) is 25.1 Å². The Balaban J connectivity index is 1.96. The molecule has 0 atom stereocenters. The van der Waals surface area contributed by atoms with Gasteiger partial charge in [0.05, 0.1) is 17.9 Å². The van der Waals surface area contributed by atoms with Gasteiger partial charge in [0.25, 0.3) is 5.91 Å². The Morgan fingerprint density at radius 1 is 1.03 bits per heavy atom. The molecule has 29 heavy (non-hydrogen) atoms. The summed E-state index contributed by atoms with van der Waals surface area (Å²) in [6, 6.07) is 16.9. The van der Waals surface area contributed by atoms with Crippen molar-refractivity contribution in [3.05, 3.63) is 65.7 Å². The third-order valence-corrected chi connectivity index (χ3v) is 4.68. The molecule has 6 heteroatoms. The molecule has 3 rings (SSSR count). The molecule has 2 aromatic rings. The molecule has 1 heterocycles. The summed E-state index contributed by atoms with van der Waals surface area (Å²) in [4.78, 5) is 27.7. The lowest BCUT2D eigenvalue weighted by atomic mass is 10.1. The molecular weight excluding hydrogens is 366 g/mol. The van der Waals surface area contributed by atoms with E-state index in [1.165, 1.54) is 5.01 Å². The van der Waals surface area contributed by atoms with Crippen LogP contribution in [0.3, 0.4) is 0 Å². The first-order valence-electron chi connectivity index (χ1n) is 9.81. The number of nitrogens with zero attached hydrogens (tertiary/aromatic N) is 3. The Labute approximate surface area is 171 Å². The number of hydrogen-bond donors (Lipinski definition) is 0. The van der Waals surface area contributed by atoms with Crippen molar-refractivity contribution in [2.45, 2.75) is 20.8 Å². The topological polar surface area (TPSA) is 62.2 Å². The molecule has 0 radical (unpaired) electrons. The maximum atomic E-state index is 13.0. The predicted molar refractivity (Wildman–Crippen MR) is 116 cm³/mol. The van der Waals surface area contributed by atoms with E-state index in [4.69, 9.17) is 4.74 Å². The number of para-hydroxylation sites is 1. The van der Waals surface area contributed by atoms with Gasteiger partial charge < -0.3 is 9.64 Å². The number of amides is 1. The third-order valence-electron chi connectivity index (χ3n) is 4.68. The van der Waals surface area contributed by atoms with Crippen LogP contribution in [0.4, 0.5) is 11.4 Å². The van der Waals surface area contributed by atoms with Crippen molar-refractivity contribution in [1.82, 2.24) is 0 Å². The zero-order chi connectivity index (χ0) is 20.8. The fourth-order valence-electron chi connectivity index (χ4n) is 3.18. The predicted octanol–water partition coefficient (Wildman–Crippen LogP) is 3.88. The number of hydrazone groups is 1. The third kappa shape index (κ3) is 4.37. The maximum absolute atomic E-state index is 13.0. The van der Waals surface area contributed by atoms with Crippen LogP contribution in [0.1, 0.15) is 26.3 Å². The summed E-state index contributed by atoms with van der Waals surface area (Å²) in [5.74, 6) is -0.961. The van der Waals surface area contributed by atoms with Gasteiger partial charge in [-0.1, -0.05) is 30.3 Å². The van der Waals surface area contributed by atoms with Gasteiger partial charge in [0.15, 0.2) is 5.71 Å². The second kappa shape index (κ2) is 9.19. The molecule has 1 amide bonds. The van der Waals surface area contributed by atoms with Gasteiger partial charge >= 0.3 is 5.97 Å². The SMILES string of the molecule is CCOC(=O)C1=NN(c2ccccc2)C(=O)C1=Cc1ccc(N(CC)CC)cc1. The highest BCUT2D eigenvalue weighted by molar-refractivity contribution is 6.54. The summed E-state index contributed by atoms with van der Waals surface area (Å²) in [7, 11) is 0. The first kappa shape index (κ1) is 20.3. The van der Waals surface area contributed by atoms with Crippen molar-refractivity contribution in [3.8, 4) is 0 Å². The van der Waals surface area contributed by atoms with Gasteiger partial charge in [0, 0.05) is 18.8 Å². The van der Waals surface area contributed by atoms with Crippen molar-refractivity contribution < 1.29 is 14.3 Å². The van der Waals surface area contributed by atoms with Gasteiger partial charge in [0.1, 0.15) is 0 Å². The Kier molecular flexibility index (Phi) is 6.44. The molecule has 150 valence electrons. The number of esters is 1. The minimum absolute atomic E-state index is 0.0218. The summed E-state index contributed by atoms with van der Waals surface area (Å²) in [6.07, 6.45) is 1.69. The number of benzene rings is 2. The standard InChI is InChI=1S/C23H25N3O3/c1-4-25(5-2)18-14-12-17(13-15-18)16-20-21(23(28)29-6-3)24-26(22(20)27)19-10-8-7-9-11-19/h7-16H,4-6H2,1-3H3. The molecule has 2 aromatic carbocycles. The fraction of sp³-hybridized carbons (Fsp3) is 0.261. The Morgan fingerprint density at radius 2 is 1.69 bits per heavy atom. The average molecular weight is 391 g/mol. The van der Waals surface area contributed by atoms with Gasteiger partial charge in [0.2, 0.25) is 0 Å². The Morgan fingerprint density at radius 3 is 2.28 bits per heavy atom. The van der Waals surface area contributed by atoms with Gasteiger partial charge in [-0.25, -0.2) is 4.79 Å². The molecule has 1 aliphatic rings. The second-order valence-corrected chi connectivity index (χ2v) is 6.44. The van der Waals surface area contributed by atoms with Crippen molar-refractivity contribution in [1.29, 1.82) is 0 Å². The average Bonchev–Trinajstić information content (AvgIpc) is 3.07. The minimum Gasteiger partial charge on any atom is -0.461 e. The molecule has 0 aromatic heterocycles. The zero-order valence-corrected chi connectivity index (χ0v) is 17.0. The fourth-order valence-corrected chi connectivity index (χ4v) is 3.18. The molecule has 1 aliphatic heterocycles. The van der Waals surface area contributed by atoms with Crippen LogP contribution in [-0.4, -0.2) is 37.3 Å². The first-order chi connectivity index (χ1) is 14.1. The van der Waals surface area contributed by atoms with E-state index >= 15 is 0 Å². The van der Waals surface area contributed by atoms with Gasteiger partial charge in [-0.2, -0.15) is 10.1 Å². The molecule has 0 saturated heterocycles. The van der Waals surface area contributed by atoms with E-state index in [9.17, 15) is 9.59 Å². The molecule has 0 saturated carbocycles. The van der Waals surface area contributed by atoms with Crippen LogP contribution in [0.5, 0.6) is 0 Å². The Bertz CT molecular complexity index is 930. The van der Waals surface area contributed by atoms with E-state index in [1.807, 2.05) is 42.5 Å². The minimum atomic E-state index is -0.606. The molecule has 0 bridgehead atoms. The van der Waals surface area contributed by atoms with E-state index < -0.39 is 5.97 Å². The highest BCUT2D eigenvalue weighted by atomic mass is 16.5. The van der Waals surface area contributed by atoms with Crippen LogP contribution >= 0.6 is 0 Å². The smallest absolute Gasteiger partial charge is 0.359 e. The number of carbonyl (C=O) groups excluding carboxylic acids is 2. The molecule has 0 N–H and O–H groups in total. The summed E-state index contributed by atoms with van der Waals surface area (Å²) >= 11 is 0. The quantitative estimate of drug-likeness (QED) is 0.531. The van der Waals surface area contributed by atoms with E-state index in [-0.39, 0.29) is 23.8 Å². The lowest BCUT2D eigenvalue weighted by Gasteiger charge is -2.20. The number of carbonyl (C=O) groups is 2. The van der Waals surface area contributed by atoms with Crippen molar-refractivity contribution in [3.63, 3.8) is 0 Å². The van der Waals surface area contributed by atoms with Crippen molar-refractivity contribution in [2.75, 3.05) is 29.6 Å². The number of ether oxygens (including phenoxy) is 1. The van der Waals surface area contributed by atoms with E-state index in [0.29, 0.717) is 5.69 Å². The highest BCUT2D eigenvalue weighted by Gasteiger charge is 2.35. The summed E-state index contributed by atoms with van der Waals surface area (Å²) in [5, 5.41) is 5.50. The molecule has 0 spiro atoms. The van der Waals surface area contributed by atoms with Crippen LogP contribution in [0, 0.1) is 0 Å². The first-order valence-corrected chi connectivity index (χ1v) is 9.81. The number of anilines is 2. The zero-order valence-electron chi connectivity index (χ0n) is 17.0. The summed E-state index contributed by atoms with van der Waals surface area (Å²) < 4.78 is 5.11. The normalized spacial score (nSPS) is 14.9. The lowest BCUT2D eigenvalue weighted by Crippen LogP contribution is -2.23. The lowest BCUT2D eigenvalue weighted by molar-refractivity contribution is -0.135. The van der Waals surface area contributed by atoms with Crippen LogP contribution in [-0.2, 0) is 14.3 Å². The van der Waals surface area contributed by atoms with Crippen LogP contribution in [0.2, 0.25) is 0 Å². The van der Waals surface area contributed by atoms with Gasteiger partial charge in [-0.3, -0.25) is 4.79 Å². The molecule has 6 nitrogen and oxygen atoms in total. The molecule has 0 fully saturated rings. The monoisotopic (exact) mass is 391 g/mol. The van der Waals surface area contributed by atoms with Gasteiger partial charge in [-0.15, -0.1) is 0 Å². The molecular formula is C23H25N3O3. The van der Waals surface area contributed by atoms with Crippen molar-refractivity contribution in [2.24, 2.45) is 5.10 Å². The Hall–Kier alpha value is -3.41. The van der Waals surface area contributed by atoms with Gasteiger partial charge in [-0.05, 0) is 56.7 Å². The highest BCUT2D eigenvalue weighted by Crippen LogP contribution is 2.26. The number of hydrogen-bond acceptors (Lipinski definition) is 5.